The van der Waals surface area contributed by atoms with Crippen LogP contribution in [0.3, 0.4) is 0 Å². The summed E-state index contributed by atoms with van der Waals surface area (Å²) in [4.78, 5) is 6.81. The van der Waals surface area contributed by atoms with Gasteiger partial charge < -0.3 is 20.5 Å². The monoisotopic (exact) mass is 476 g/mol. The first-order chi connectivity index (χ1) is 12.1. The number of β-amino-alcohol motifs (C(OH)–C–C–N with tert-alkyl or cyclic N) is 1. The molecule has 3 N–H and O–H groups in total. The number of hydrogen-bond acceptors (Lipinski definition) is 4. The van der Waals surface area contributed by atoms with Crippen molar-refractivity contribution in [2.45, 2.75) is 39.0 Å². The molecule has 1 aliphatic rings. The lowest BCUT2D eigenvalue weighted by Gasteiger charge is -2.30. The lowest BCUT2D eigenvalue weighted by molar-refractivity contribution is 0.111. The molecule has 0 amide bonds. The van der Waals surface area contributed by atoms with Crippen molar-refractivity contribution in [1.29, 1.82) is 0 Å². The molecule has 0 spiro atoms. The highest BCUT2D eigenvalue weighted by Crippen LogP contribution is 2.18. The molecule has 7 heteroatoms. The van der Waals surface area contributed by atoms with E-state index in [-0.39, 0.29) is 30.0 Å². The fourth-order valence-corrected chi connectivity index (χ4v) is 3.11. The summed E-state index contributed by atoms with van der Waals surface area (Å²) in [6.07, 6.45) is 0.573. The van der Waals surface area contributed by atoms with E-state index in [4.69, 9.17) is 4.74 Å². The number of halogens is 1. The Kier molecular flexibility index (Phi) is 11.1. The van der Waals surface area contributed by atoms with Crippen LogP contribution in [0.5, 0.6) is 0 Å². The number of ether oxygens (including phenoxy) is 1. The van der Waals surface area contributed by atoms with Crippen LogP contribution in [-0.2, 0) is 17.7 Å². The average molecular weight is 476 g/mol. The van der Waals surface area contributed by atoms with E-state index >= 15 is 0 Å². The van der Waals surface area contributed by atoms with Crippen LogP contribution in [-0.4, -0.2) is 68.0 Å². The smallest absolute Gasteiger partial charge is 0.191 e. The molecule has 0 aliphatic carbocycles. The van der Waals surface area contributed by atoms with Gasteiger partial charge in [-0.05, 0) is 31.4 Å². The minimum Gasteiger partial charge on any atom is -0.390 e. The molecule has 1 aromatic carbocycles. The zero-order chi connectivity index (χ0) is 18.1. The normalized spacial score (nSPS) is 17.0. The molecule has 2 atom stereocenters. The zero-order valence-corrected chi connectivity index (χ0v) is 18.4. The molecule has 6 nitrogen and oxygen atoms in total. The highest BCUT2D eigenvalue weighted by Gasteiger charge is 2.18. The number of fused-ring (bicyclic) bond motifs is 1. The maximum absolute atomic E-state index is 10.4. The molecule has 0 bridgehead atoms. The maximum Gasteiger partial charge on any atom is 0.191 e. The Morgan fingerprint density at radius 1 is 1.35 bits per heavy atom. The summed E-state index contributed by atoms with van der Waals surface area (Å²) >= 11 is 0. The standard InChI is InChI=1S/C19H32N4O2.HI/c1-4-20-19(22-15(2)14-25-3)21-11-18(24)13-23-10-9-16-7-5-6-8-17(16)12-23;/h5-8,15,18,24H,4,9-14H2,1-3H3,(H2,20,21,22);1H. The first kappa shape index (κ1) is 23.1. The number of aliphatic imine (C=N–C) groups is 1. The second-order valence-corrected chi connectivity index (χ2v) is 6.63. The number of nitrogens with one attached hydrogen (secondary N) is 2. The van der Waals surface area contributed by atoms with E-state index in [0.717, 1.165) is 32.0 Å². The van der Waals surface area contributed by atoms with Crippen LogP contribution < -0.4 is 10.6 Å². The van der Waals surface area contributed by atoms with Crippen LogP contribution in [0.2, 0.25) is 0 Å². The number of nitrogens with zero attached hydrogens (tertiary/aromatic N) is 2. The Balaban J connectivity index is 0.00000338. The van der Waals surface area contributed by atoms with Crippen molar-refractivity contribution in [2.75, 3.05) is 39.9 Å². The summed E-state index contributed by atoms with van der Waals surface area (Å²) < 4.78 is 5.14. The van der Waals surface area contributed by atoms with E-state index in [1.807, 2.05) is 13.8 Å². The maximum atomic E-state index is 10.4. The van der Waals surface area contributed by atoms with Crippen LogP contribution in [0.1, 0.15) is 25.0 Å². The first-order valence-corrected chi connectivity index (χ1v) is 9.13. The number of methoxy groups -OCH3 is 1. The summed E-state index contributed by atoms with van der Waals surface area (Å²) in [6, 6.07) is 8.72. The van der Waals surface area contributed by atoms with Crippen molar-refractivity contribution in [2.24, 2.45) is 4.99 Å². The molecule has 0 saturated carbocycles. The molecule has 1 heterocycles. The van der Waals surface area contributed by atoms with Gasteiger partial charge in [-0.15, -0.1) is 24.0 Å². The van der Waals surface area contributed by atoms with Crippen molar-refractivity contribution in [1.82, 2.24) is 15.5 Å². The van der Waals surface area contributed by atoms with E-state index in [2.05, 4.69) is 44.8 Å². The molecule has 148 valence electrons. The molecule has 0 fully saturated rings. The van der Waals surface area contributed by atoms with Crippen LogP contribution in [0.25, 0.3) is 0 Å². The summed E-state index contributed by atoms with van der Waals surface area (Å²) in [7, 11) is 1.68. The number of aliphatic hydroxyl groups excluding tert-OH is 1. The molecule has 26 heavy (non-hydrogen) atoms. The van der Waals surface area contributed by atoms with Crippen LogP contribution in [0.15, 0.2) is 29.3 Å². The van der Waals surface area contributed by atoms with Gasteiger partial charge in [0.25, 0.3) is 0 Å². The summed E-state index contributed by atoms with van der Waals surface area (Å²) in [5.41, 5.74) is 2.80. The molecule has 0 aromatic heterocycles. The van der Waals surface area contributed by atoms with Crippen molar-refractivity contribution < 1.29 is 9.84 Å². The molecule has 0 radical (unpaired) electrons. The number of guanidine groups is 1. The van der Waals surface area contributed by atoms with E-state index in [9.17, 15) is 5.11 Å². The van der Waals surface area contributed by atoms with Gasteiger partial charge in [-0.2, -0.15) is 0 Å². The number of hydrogen-bond donors (Lipinski definition) is 3. The second kappa shape index (κ2) is 12.5. The van der Waals surface area contributed by atoms with Gasteiger partial charge in [0.2, 0.25) is 0 Å². The van der Waals surface area contributed by atoms with Gasteiger partial charge in [0.05, 0.1) is 19.3 Å². The first-order valence-electron chi connectivity index (χ1n) is 9.13. The Morgan fingerprint density at radius 3 is 2.77 bits per heavy atom. The molecular weight excluding hydrogens is 443 g/mol. The van der Waals surface area contributed by atoms with Crippen molar-refractivity contribution in [3.63, 3.8) is 0 Å². The van der Waals surface area contributed by atoms with Crippen LogP contribution in [0, 0.1) is 0 Å². The molecular formula is C19H33IN4O2. The predicted octanol–water partition coefficient (Wildman–Crippen LogP) is 1.61. The molecule has 0 saturated heterocycles. The number of benzene rings is 1. The van der Waals surface area contributed by atoms with E-state index in [1.165, 1.54) is 11.1 Å². The summed E-state index contributed by atoms with van der Waals surface area (Å²) in [5.74, 6) is 0.718. The SMILES string of the molecule is CCNC(=NCC(O)CN1CCc2ccccc2C1)NC(C)COC.I. The third-order valence-electron chi connectivity index (χ3n) is 4.28. The fraction of sp³-hybridized carbons (Fsp3) is 0.632. The van der Waals surface area contributed by atoms with Gasteiger partial charge in [-0.3, -0.25) is 9.89 Å². The lowest BCUT2D eigenvalue weighted by atomic mass is 10.00. The van der Waals surface area contributed by atoms with Crippen molar-refractivity contribution in [3.8, 4) is 0 Å². The quantitative estimate of drug-likeness (QED) is 0.302. The Morgan fingerprint density at radius 2 is 2.08 bits per heavy atom. The molecule has 1 aromatic rings. The average Bonchev–Trinajstić information content (AvgIpc) is 2.60. The van der Waals surface area contributed by atoms with Crippen molar-refractivity contribution in [3.05, 3.63) is 35.4 Å². The Labute approximate surface area is 174 Å². The molecule has 1 aliphatic heterocycles. The summed E-state index contributed by atoms with van der Waals surface area (Å²) in [6.45, 7) is 8.38. The predicted molar refractivity (Wildman–Crippen MR) is 117 cm³/mol. The van der Waals surface area contributed by atoms with Crippen LogP contribution in [0.4, 0.5) is 0 Å². The van der Waals surface area contributed by atoms with Gasteiger partial charge in [0.1, 0.15) is 0 Å². The number of aliphatic hydroxyl groups is 1. The third-order valence-corrected chi connectivity index (χ3v) is 4.28. The van der Waals surface area contributed by atoms with Gasteiger partial charge in [0.15, 0.2) is 5.96 Å². The largest absolute Gasteiger partial charge is 0.390 e. The Bertz CT molecular complexity index is 556. The van der Waals surface area contributed by atoms with Gasteiger partial charge in [-0.1, -0.05) is 24.3 Å². The van der Waals surface area contributed by atoms with Crippen molar-refractivity contribution >= 4 is 29.9 Å². The highest BCUT2D eigenvalue weighted by atomic mass is 127. The van der Waals surface area contributed by atoms with Crippen LogP contribution >= 0.6 is 24.0 Å². The summed E-state index contributed by atoms with van der Waals surface area (Å²) in [5, 5.41) is 16.9. The molecule has 2 rings (SSSR count). The molecule has 2 unspecified atom stereocenters. The highest BCUT2D eigenvalue weighted by molar-refractivity contribution is 14.0. The minimum absolute atomic E-state index is 0. The van der Waals surface area contributed by atoms with E-state index < -0.39 is 6.10 Å². The van der Waals surface area contributed by atoms with Gasteiger partial charge in [-0.25, -0.2) is 0 Å². The lowest BCUT2D eigenvalue weighted by Crippen LogP contribution is -2.44. The van der Waals surface area contributed by atoms with Gasteiger partial charge in [0, 0.05) is 39.3 Å². The fourth-order valence-electron chi connectivity index (χ4n) is 3.11. The van der Waals surface area contributed by atoms with Gasteiger partial charge >= 0.3 is 0 Å². The van der Waals surface area contributed by atoms with E-state index in [0.29, 0.717) is 19.7 Å². The zero-order valence-electron chi connectivity index (χ0n) is 16.1. The topological polar surface area (TPSA) is 69.1 Å². The minimum atomic E-state index is -0.474. The third kappa shape index (κ3) is 7.77. The second-order valence-electron chi connectivity index (χ2n) is 6.63. The Hall–Kier alpha value is -0.900. The van der Waals surface area contributed by atoms with E-state index in [1.54, 1.807) is 7.11 Å². The number of rotatable bonds is 8.